The van der Waals surface area contributed by atoms with Gasteiger partial charge in [-0.15, -0.1) is 0 Å². The first-order chi connectivity index (χ1) is 10.3. The Morgan fingerprint density at radius 1 is 1.36 bits per heavy atom. The molecular weight excluding hydrogens is 289 g/mol. The third-order valence-corrected chi connectivity index (χ3v) is 3.31. The van der Waals surface area contributed by atoms with Crippen molar-refractivity contribution < 1.29 is 19.0 Å². The lowest BCUT2D eigenvalue weighted by Gasteiger charge is -2.29. The van der Waals surface area contributed by atoms with Gasteiger partial charge in [-0.3, -0.25) is 9.97 Å². The SMILES string of the molecule is CC(C)(c1ncccc1F)C(O)c1ccc(OC(N)=O)cn1. The molecule has 3 N–H and O–H groups in total. The number of aliphatic hydroxyl groups is 1. The number of halogens is 1. The highest BCUT2D eigenvalue weighted by Crippen LogP contribution is 2.36. The summed E-state index contributed by atoms with van der Waals surface area (Å²) in [6.45, 7) is 3.33. The maximum Gasteiger partial charge on any atom is 0.410 e. The average molecular weight is 305 g/mol. The number of rotatable bonds is 4. The van der Waals surface area contributed by atoms with Crippen molar-refractivity contribution in [3.63, 3.8) is 0 Å². The molecule has 1 atom stereocenters. The Morgan fingerprint density at radius 3 is 2.64 bits per heavy atom. The number of primary amides is 1. The van der Waals surface area contributed by atoms with Gasteiger partial charge in [-0.25, -0.2) is 9.18 Å². The summed E-state index contributed by atoms with van der Waals surface area (Å²) in [6, 6.07) is 5.69. The number of hydrogen-bond donors (Lipinski definition) is 2. The third kappa shape index (κ3) is 3.20. The molecule has 0 aliphatic carbocycles. The zero-order chi connectivity index (χ0) is 16.3. The van der Waals surface area contributed by atoms with Gasteiger partial charge in [0.1, 0.15) is 11.9 Å². The second kappa shape index (κ2) is 6.07. The lowest BCUT2D eigenvalue weighted by Crippen LogP contribution is -2.29. The van der Waals surface area contributed by atoms with E-state index in [0.717, 1.165) is 0 Å². The molecule has 0 aliphatic rings. The highest BCUT2D eigenvalue weighted by atomic mass is 19.1. The molecular formula is C15H16FN3O3. The molecule has 7 heteroatoms. The normalized spacial score (nSPS) is 12.7. The van der Waals surface area contributed by atoms with Crippen molar-refractivity contribution in [2.24, 2.45) is 5.73 Å². The molecule has 22 heavy (non-hydrogen) atoms. The molecule has 0 saturated carbocycles. The van der Waals surface area contributed by atoms with Gasteiger partial charge in [0.25, 0.3) is 0 Å². The van der Waals surface area contributed by atoms with Crippen LogP contribution in [-0.4, -0.2) is 21.2 Å². The number of aromatic nitrogens is 2. The molecule has 0 spiro atoms. The highest BCUT2D eigenvalue weighted by molar-refractivity contribution is 5.67. The fourth-order valence-electron chi connectivity index (χ4n) is 2.09. The average Bonchev–Trinajstić information content (AvgIpc) is 2.47. The molecule has 2 aromatic heterocycles. The van der Waals surface area contributed by atoms with E-state index in [0.29, 0.717) is 5.69 Å². The van der Waals surface area contributed by atoms with E-state index in [9.17, 15) is 14.3 Å². The van der Waals surface area contributed by atoms with Crippen LogP contribution in [0.1, 0.15) is 31.3 Å². The molecule has 0 fully saturated rings. The largest absolute Gasteiger partial charge is 0.410 e. The minimum Gasteiger partial charge on any atom is -0.409 e. The lowest BCUT2D eigenvalue weighted by molar-refractivity contribution is 0.0913. The quantitative estimate of drug-likeness (QED) is 0.901. The summed E-state index contributed by atoms with van der Waals surface area (Å²) < 4.78 is 18.6. The third-order valence-electron chi connectivity index (χ3n) is 3.31. The van der Waals surface area contributed by atoms with Gasteiger partial charge in [0.05, 0.1) is 17.6 Å². The van der Waals surface area contributed by atoms with Crippen molar-refractivity contribution in [1.82, 2.24) is 9.97 Å². The van der Waals surface area contributed by atoms with Crippen molar-refractivity contribution in [3.05, 3.63) is 53.9 Å². The second-order valence-corrected chi connectivity index (χ2v) is 5.30. The van der Waals surface area contributed by atoms with Gasteiger partial charge in [0, 0.05) is 11.6 Å². The van der Waals surface area contributed by atoms with E-state index in [4.69, 9.17) is 5.73 Å². The van der Waals surface area contributed by atoms with Crippen LogP contribution in [0, 0.1) is 5.82 Å². The smallest absolute Gasteiger partial charge is 0.409 e. The summed E-state index contributed by atoms with van der Waals surface area (Å²) in [7, 11) is 0. The second-order valence-electron chi connectivity index (χ2n) is 5.30. The van der Waals surface area contributed by atoms with E-state index in [1.165, 1.54) is 36.7 Å². The van der Waals surface area contributed by atoms with Crippen LogP contribution in [0.5, 0.6) is 5.75 Å². The minimum absolute atomic E-state index is 0.141. The Labute approximate surface area is 126 Å². The van der Waals surface area contributed by atoms with Crippen LogP contribution in [-0.2, 0) is 5.41 Å². The maximum atomic E-state index is 13.9. The summed E-state index contributed by atoms with van der Waals surface area (Å²) in [6.07, 6.45) is 0.670. The van der Waals surface area contributed by atoms with E-state index in [1.54, 1.807) is 13.8 Å². The Balaban J connectivity index is 2.28. The zero-order valence-corrected chi connectivity index (χ0v) is 12.2. The topological polar surface area (TPSA) is 98.3 Å². The van der Waals surface area contributed by atoms with Crippen LogP contribution >= 0.6 is 0 Å². The first-order valence-electron chi connectivity index (χ1n) is 6.54. The van der Waals surface area contributed by atoms with Crippen LogP contribution in [0.4, 0.5) is 9.18 Å². The van der Waals surface area contributed by atoms with Crippen molar-refractivity contribution >= 4 is 6.09 Å². The highest BCUT2D eigenvalue weighted by Gasteiger charge is 2.35. The number of hydrogen-bond acceptors (Lipinski definition) is 5. The summed E-state index contributed by atoms with van der Waals surface area (Å²) in [5, 5.41) is 10.5. The number of nitrogens with two attached hydrogens (primary N) is 1. The Morgan fingerprint density at radius 2 is 2.09 bits per heavy atom. The Kier molecular flexibility index (Phi) is 4.37. The molecule has 0 radical (unpaired) electrons. The van der Waals surface area contributed by atoms with Crippen LogP contribution in [0.2, 0.25) is 0 Å². The van der Waals surface area contributed by atoms with Crippen LogP contribution in [0.15, 0.2) is 36.7 Å². The van der Waals surface area contributed by atoms with E-state index >= 15 is 0 Å². The monoisotopic (exact) mass is 305 g/mol. The van der Waals surface area contributed by atoms with Gasteiger partial charge >= 0.3 is 6.09 Å². The molecule has 0 aliphatic heterocycles. The van der Waals surface area contributed by atoms with E-state index in [-0.39, 0.29) is 11.4 Å². The van der Waals surface area contributed by atoms with Crippen LogP contribution in [0.25, 0.3) is 0 Å². The van der Waals surface area contributed by atoms with Gasteiger partial charge in [0.2, 0.25) is 0 Å². The molecule has 2 heterocycles. The van der Waals surface area contributed by atoms with Crippen LogP contribution in [0.3, 0.4) is 0 Å². The van der Waals surface area contributed by atoms with Gasteiger partial charge in [0.15, 0.2) is 5.75 Å². The molecule has 6 nitrogen and oxygen atoms in total. The van der Waals surface area contributed by atoms with E-state index in [2.05, 4.69) is 14.7 Å². The number of amides is 1. The predicted octanol–water partition coefficient (Wildman–Crippen LogP) is 2.08. The molecule has 0 aromatic carbocycles. The summed E-state index contributed by atoms with van der Waals surface area (Å²) in [4.78, 5) is 18.7. The summed E-state index contributed by atoms with van der Waals surface area (Å²) in [5.41, 5.74) is 4.34. The molecule has 116 valence electrons. The zero-order valence-electron chi connectivity index (χ0n) is 12.2. The molecule has 2 aromatic rings. The van der Waals surface area contributed by atoms with Crippen molar-refractivity contribution in [2.75, 3.05) is 0 Å². The first kappa shape index (κ1) is 15.8. The van der Waals surface area contributed by atoms with E-state index < -0.39 is 23.4 Å². The summed E-state index contributed by atoms with van der Waals surface area (Å²) in [5.74, 6) is -0.342. The van der Waals surface area contributed by atoms with E-state index in [1.807, 2.05) is 0 Å². The Bertz CT molecular complexity index is 674. The standard InChI is InChI=1S/C15H16FN3O3/c1-15(2,12-10(16)4-3-7-18-12)13(20)11-6-5-9(8-19-11)22-14(17)21/h3-8,13,20H,1-2H3,(H2,17,21). The maximum absolute atomic E-state index is 13.9. The Hall–Kier alpha value is -2.54. The van der Waals surface area contributed by atoms with Crippen molar-refractivity contribution in [3.8, 4) is 5.75 Å². The molecule has 0 saturated heterocycles. The number of nitrogens with zero attached hydrogens (tertiary/aromatic N) is 2. The number of carbonyl (C=O) groups excluding carboxylic acids is 1. The van der Waals surface area contributed by atoms with Gasteiger partial charge in [-0.05, 0) is 24.3 Å². The fourth-order valence-corrected chi connectivity index (χ4v) is 2.09. The van der Waals surface area contributed by atoms with Gasteiger partial charge in [-0.1, -0.05) is 13.8 Å². The lowest BCUT2D eigenvalue weighted by atomic mass is 9.80. The number of ether oxygens (including phenoxy) is 1. The minimum atomic E-state index is -1.10. The molecule has 1 unspecified atom stereocenters. The molecule has 0 bridgehead atoms. The van der Waals surface area contributed by atoms with Crippen molar-refractivity contribution in [1.29, 1.82) is 0 Å². The number of aliphatic hydroxyl groups excluding tert-OH is 1. The number of carbonyl (C=O) groups is 1. The molecule has 2 rings (SSSR count). The first-order valence-corrected chi connectivity index (χ1v) is 6.54. The van der Waals surface area contributed by atoms with Gasteiger partial charge < -0.3 is 15.6 Å². The van der Waals surface area contributed by atoms with Crippen LogP contribution < -0.4 is 10.5 Å². The fraction of sp³-hybridized carbons (Fsp3) is 0.267. The molecule has 1 amide bonds. The predicted molar refractivity (Wildman–Crippen MR) is 76.6 cm³/mol. The van der Waals surface area contributed by atoms with Gasteiger partial charge in [-0.2, -0.15) is 0 Å². The van der Waals surface area contributed by atoms with Crippen molar-refractivity contribution in [2.45, 2.75) is 25.4 Å². The summed E-state index contributed by atoms with van der Waals surface area (Å²) >= 11 is 0. The number of pyridine rings is 2.